The van der Waals surface area contributed by atoms with E-state index in [9.17, 15) is 13.2 Å². The number of sulfone groups is 1. The second-order valence-corrected chi connectivity index (χ2v) is 6.88. The number of nitrogens with two attached hydrogens (primary N) is 1. The van der Waals surface area contributed by atoms with E-state index in [0.29, 0.717) is 6.42 Å². The number of hydrogen-bond donors (Lipinski definition) is 1. The van der Waals surface area contributed by atoms with Gasteiger partial charge in [-0.25, -0.2) is 8.42 Å². The molecule has 1 aliphatic heterocycles. The van der Waals surface area contributed by atoms with Crippen LogP contribution in [0.3, 0.4) is 0 Å². The number of carbonyl (C=O) groups excluding carboxylic acids is 1. The van der Waals surface area contributed by atoms with Crippen molar-refractivity contribution >= 4 is 15.7 Å². The summed E-state index contributed by atoms with van der Waals surface area (Å²) in [5, 5.41) is 0. The normalized spacial score (nSPS) is 27.4. The molecule has 0 saturated carbocycles. The van der Waals surface area contributed by atoms with Gasteiger partial charge in [-0.2, -0.15) is 0 Å². The van der Waals surface area contributed by atoms with Crippen LogP contribution in [0.15, 0.2) is 0 Å². The minimum atomic E-state index is -2.95. The second kappa shape index (κ2) is 4.71. The van der Waals surface area contributed by atoms with E-state index >= 15 is 0 Å². The van der Waals surface area contributed by atoms with Crippen molar-refractivity contribution < 1.29 is 13.2 Å². The standard InChI is InChI=1S/C10H20N2O3S/c1-7(8(2)11)10(13)12(3)9-4-5-16(14,15)6-9/h7-9H,4-6,11H2,1-3H3. The molecule has 16 heavy (non-hydrogen) atoms. The molecule has 1 aliphatic rings. The molecule has 0 aromatic heterocycles. The van der Waals surface area contributed by atoms with Gasteiger partial charge in [0.1, 0.15) is 0 Å². The number of amides is 1. The van der Waals surface area contributed by atoms with Crippen LogP contribution in [0, 0.1) is 5.92 Å². The van der Waals surface area contributed by atoms with E-state index in [2.05, 4.69) is 0 Å². The average molecular weight is 248 g/mol. The van der Waals surface area contributed by atoms with Gasteiger partial charge in [0, 0.05) is 19.1 Å². The van der Waals surface area contributed by atoms with Gasteiger partial charge < -0.3 is 10.6 Å². The molecule has 2 N–H and O–H groups in total. The monoisotopic (exact) mass is 248 g/mol. The topological polar surface area (TPSA) is 80.5 Å². The quantitative estimate of drug-likeness (QED) is 0.738. The summed E-state index contributed by atoms with van der Waals surface area (Å²) in [5.74, 6) is -0.0756. The Hall–Kier alpha value is -0.620. The molecule has 0 aliphatic carbocycles. The van der Waals surface area contributed by atoms with Gasteiger partial charge in [-0.05, 0) is 13.3 Å². The second-order valence-electron chi connectivity index (χ2n) is 4.65. The Kier molecular flexibility index (Phi) is 3.96. The molecule has 5 nitrogen and oxygen atoms in total. The lowest BCUT2D eigenvalue weighted by molar-refractivity contribution is -0.135. The van der Waals surface area contributed by atoms with Gasteiger partial charge in [0.2, 0.25) is 5.91 Å². The highest BCUT2D eigenvalue weighted by molar-refractivity contribution is 7.91. The van der Waals surface area contributed by atoms with Crippen molar-refractivity contribution in [1.82, 2.24) is 4.90 Å². The zero-order chi connectivity index (χ0) is 12.5. The highest BCUT2D eigenvalue weighted by Gasteiger charge is 2.34. The molecule has 0 aromatic rings. The van der Waals surface area contributed by atoms with E-state index in [0.717, 1.165) is 0 Å². The molecule has 3 unspecified atom stereocenters. The third kappa shape index (κ3) is 2.95. The first-order valence-electron chi connectivity index (χ1n) is 5.47. The number of carbonyl (C=O) groups is 1. The molecule has 0 radical (unpaired) electrons. The Balaban J connectivity index is 2.66. The molecule has 1 saturated heterocycles. The summed E-state index contributed by atoms with van der Waals surface area (Å²) in [6, 6.07) is -0.397. The Morgan fingerprint density at radius 1 is 1.44 bits per heavy atom. The molecule has 0 aromatic carbocycles. The fourth-order valence-electron chi connectivity index (χ4n) is 1.81. The molecule has 0 bridgehead atoms. The molecule has 3 atom stereocenters. The van der Waals surface area contributed by atoms with Crippen LogP contribution in [0.25, 0.3) is 0 Å². The summed E-state index contributed by atoms with van der Waals surface area (Å²) in [4.78, 5) is 13.5. The summed E-state index contributed by atoms with van der Waals surface area (Å²) >= 11 is 0. The van der Waals surface area contributed by atoms with E-state index in [4.69, 9.17) is 5.73 Å². The molecule has 0 spiro atoms. The van der Waals surface area contributed by atoms with Crippen molar-refractivity contribution in [2.24, 2.45) is 11.7 Å². The molecular weight excluding hydrogens is 228 g/mol. The van der Waals surface area contributed by atoms with E-state index in [-0.39, 0.29) is 35.4 Å². The summed E-state index contributed by atoms with van der Waals surface area (Å²) in [7, 11) is -1.29. The van der Waals surface area contributed by atoms with Gasteiger partial charge in [0.05, 0.1) is 17.4 Å². The first-order chi connectivity index (χ1) is 7.24. The predicted molar refractivity (Wildman–Crippen MR) is 62.6 cm³/mol. The lowest BCUT2D eigenvalue weighted by Gasteiger charge is -2.27. The van der Waals surface area contributed by atoms with Crippen LogP contribution >= 0.6 is 0 Å². The molecule has 1 fully saturated rings. The van der Waals surface area contributed by atoms with E-state index in [1.54, 1.807) is 25.8 Å². The highest BCUT2D eigenvalue weighted by Crippen LogP contribution is 2.18. The minimum Gasteiger partial charge on any atom is -0.341 e. The van der Waals surface area contributed by atoms with Crippen LogP contribution in [0.5, 0.6) is 0 Å². The zero-order valence-corrected chi connectivity index (χ0v) is 10.8. The van der Waals surface area contributed by atoms with Crippen LogP contribution in [0.2, 0.25) is 0 Å². The fraction of sp³-hybridized carbons (Fsp3) is 0.900. The SMILES string of the molecule is CC(N)C(C)C(=O)N(C)C1CCS(=O)(=O)C1. The van der Waals surface area contributed by atoms with Crippen molar-refractivity contribution in [3.8, 4) is 0 Å². The fourth-order valence-corrected chi connectivity index (χ4v) is 3.58. The van der Waals surface area contributed by atoms with Crippen molar-refractivity contribution in [2.75, 3.05) is 18.6 Å². The Bertz CT molecular complexity index is 364. The van der Waals surface area contributed by atoms with Gasteiger partial charge in [-0.3, -0.25) is 4.79 Å². The summed E-state index contributed by atoms with van der Waals surface area (Å²) in [5.41, 5.74) is 5.66. The average Bonchev–Trinajstić information content (AvgIpc) is 2.55. The van der Waals surface area contributed by atoms with Gasteiger partial charge in [-0.1, -0.05) is 6.92 Å². The summed E-state index contributed by atoms with van der Waals surface area (Å²) in [6.07, 6.45) is 0.538. The van der Waals surface area contributed by atoms with Crippen molar-refractivity contribution in [3.05, 3.63) is 0 Å². The first-order valence-corrected chi connectivity index (χ1v) is 7.29. The molecule has 94 valence electrons. The van der Waals surface area contributed by atoms with Crippen LogP contribution in [-0.2, 0) is 14.6 Å². The smallest absolute Gasteiger partial charge is 0.226 e. The maximum Gasteiger partial charge on any atom is 0.226 e. The Morgan fingerprint density at radius 3 is 2.38 bits per heavy atom. The van der Waals surface area contributed by atoms with Crippen molar-refractivity contribution in [3.63, 3.8) is 0 Å². The van der Waals surface area contributed by atoms with Gasteiger partial charge in [0.25, 0.3) is 0 Å². The third-order valence-corrected chi connectivity index (χ3v) is 5.03. The van der Waals surface area contributed by atoms with E-state index in [1.165, 1.54) is 0 Å². The lowest BCUT2D eigenvalue weighted by Crippen LogP contribution is -2.45. The molecule has 6 heteroatoms. The number of hydrogen-bond acceptors (Lipinski definition) is 4. The number of nitrogens with zero attached hydrogens (tertiary/aromatic N) is 1. The van der Waals surface area contributed by atoms with Gasteiger partial charge >= 0.3 is 0 Å². The maximum atomic E-state index is 11.9. The lowest BCUT2D eigenvalue weighted by atomic mass is 10.0. The van der Waals surface area contributed by atoms with Crippen LogP contribution in [0.4, 0.5) is 0 Å². The van der Waals surface area contributed by atoms with E-state index < -0.39 is 9.84 Å². The molecular formula is C10H20N2O3S. The van der Waals surface area contributed by atoms with Crippen LogP contribution in [0.1, 0.15) is 20.3 Å². The van der Waals surface area contributed by atoms with Gasteiger partial charge in [-0.15, -0.1) is 0 Å². The molecule has 1 amide bonds. The number of rotatable bonds is 3. The molecule has 1 heterocycles. The van der Waals surface area contributed by atoms with Gasteiger partial charge in [0.15, 0.2) is 9.84 Å². The minimum absolute atomic E-state index is 0.0721. The third-order valence-electron chi connectivity index (χ3n) is 3.28. The largest absolute Gasteiger partial charge is 0.341 e. The predicted octanol–water partition coefficient (Wildman–Crippen LogP) is -0.385. The van der Waals surface area contributed by atoms with Crippen molar-refractivity contribution in [1.29, 1.82) is 0 Å². The van der Waals surface area contributed by atoms with Crippen LogP contribution < -0.4 is 5.73 Å². The molecule has 1 rings (SSSR count). The van der Waals surface area contributed by atoms with Crippen molar-refractivity contribution in [2.45, 2.75) is 32.4 Å². The van der Waals surface area contributed by atoms with E-state index in [1.807, 2.05) is 0 Å². The summed E-state index contributed by atoms with van der Waals surface area (Å²) < 4.78 is 22.6. The first kappa shape index (κ1) is 13.4. The maximum absolute atomic E-state index is 11.9. The summed E-state index contributed by atoms with van der Waals surface area (Å²) in [6.45, 7) is 3.55. The zero-order valence-electron chi connectivity index (χ0n) is 10.0. The highest BCUT2D eigenvalue weighted by atomic mass is 32.2. The Morgan fingerprint density at radius 2 is 2.00 bits per heavy atom. The van der Waals surface area contributed by atoms with Crippen LogP contribution in [-0.4, -0.2) is 49.9 Å². The Labute approximate surface area is 96.9 Å².